The summed E-state index contributed by atoms with van der Waals surface area (Å²) >= 11 is 0. The quantitative estimate of drug-likeness (QED) is 0.846. The van der Waals surface area contributed by atoms with E-state index in [9.17, 15) is 9.59 Å². The predicted octanol–water partition coefficient (Wildman–Crippen LogP) is 2.58. The molecule has 1 aromatic rings. The minimum atomic E-state index is -0.239. The summed E-state index contributed by atoms with van der Waals surface area (Å²) in [7, 11) is 1.73. The van der Waals surface area contributed by atoms with Crippen LogP contribution in [0.1, 0.15) is 40.0 Å². The zero-order chi connectivity index (χ0) is 17.0. The molecule has 0 aliphatic heterocycles. The first-order valence-corrected chi connectivity index (χ1v) is 8.31. The number of carbonyl (C=O) groups is 1. The van der Waals surface area contributed by atoms with E-state index in [-0.39, 0.29) is 29.2 Å². The lowest BCUT2D eigenvalue weighted by atomic mass is 9.58. The fourth-order valence-corrected chi connectivity index (χ4v) is 3.66. The largest absolute Gasteiger partial charge is 0.381 e. The van der Waals surface area contributed by atoms with Gasteiger partial charge in [0.25, 0.3) is 5.56 Å². The van der Waals surface area contributed by atoms with Crippen molar-refractivity contribution in [3.63, 3.8) is 0 Å². The number of aryl methyl sites for hydroxylation is 1. The molecule has 0 aromatic carbocycles. The molecule has 1 saturated carbocycles. The Bertz CT molecular complexity index is 607. The Hall–Kier alpha value is -1.82. The highest BCUT2D eigenvalue weighted by molar-refractivity contribution is 5.89. The van der Waals surface area contributed by atoms with E-state index in [4.69, 9.17) is 4.74 Å². The van der Waals surface area contributed by atoms with Gasteiger partial charge in [-0.05, 0) is 32.3 Å². The normalized spacial score (nSPS) is 22.3. The molecule has 1 fully saturated rings. The maximum atomic E-state index is 12.3. The van der Waals surface area contributed by atoms with Crippen molar-refractivity contribution < 1.29 is 9.53 Å². The molecule has 0 bridgehead atoms. The SMILES string of the molecule is CCn1cc(NC(=O)N[C@@H]2C[C@@H](OC)C2(CC)CC)ccc1=O. The summed E-state index contributed by atoms with van der Waals surface area (Å²) in [5.41, 5.74) is 0.551. The van der Waals surface area contributed by atoms with Crippen LogP contribution < -0.4 is 16.2 Å². The Morgan fingerprint density at radius 2 is 2.04 bits per heavy atom. The average Bonchev–Trinajstić information content (AvgIpc) is 2.54. The number of rotatable bonds is 6. The van der Waals surface area contributed by atoms with Gasteiger partial charge < -0.3 is 19.9 Å². The van der Waals surface area contributed by atoms with Crippen LogP contribution in [0, 0.1) is 5.41 Å². The molecule has 0 unspecified atom stereocenters. The molecule has 23 heavy (non-hydrogen) atoms. The second-order valence-corrected chi connectivity index (χ2v) is 6.09. The van der Waals surface area contributed by atoms with E-state index in [1.54, 1.807) is 23.9 Å². The van der Waals surface area contributed by atoms with E-state index >= 15 is 0 Å². The van der Waals surface area contributed by atoms with Crippen LogP contribution in [0.3, 0.4) is 0 Å². The summed E-state index contributed by atoms with van der Waals surface area (Å²) in [5.74, 6) is 0. The molecule has 1 aliphatic carbocycles. The van der Waals surface area contributed by atoms with Gasteiger partial charge in [-0.3, -0.25) is 4.79 Å². The molecule has 1 aliphatic rings. The average molecular weight is 321 g/mol. The number of nitrogens with zero attached hydrogens (tertiary/aromatic N) is 1. The Morgan fingerprint density at radius 1 is 1.35 bits per heavy atom. The number of hydrogen-bond acceptors (Lipinski definition) is 3. The number of anilines is 1. The number of urea groups is 1. The lowest BCUT2D eigenvalue weighted by molar-refractivity contribution is -0.119. The fraction of sp³-hybridized carbons (Fsp3) is 0.647. The fourth-order valence-electron chi connectivity index (χ4n) is 3.66. The minimum Gasteiger partial charge on any atom is -0.381 e. The third-order valence-electron chi connectivity index (χ3n) is 5.27. The van der Waals surface area contributed by atoms with Gasteiger partial charge in [0.1, 0.15) is 0 Å². The first-order chi connectivity index (χ1) is 11.0. The number of ether oxygens (including phenoxy) is 1. The van der Waals surface area contributed by atoms with E-state index in [0.29, 0.717) is 12.2 Å². The highest BCUT2D eigenvalue weighted by atomic mass is 16.5. The number of methoxy groups -OCH3 is 1. The van der Waals surface area contributed by atoms with Gasteiger partial charge in [0, 0.05) is 37.4 Å². The maximum Gasteiger partial charge on any atom is 0.319 e. The topological polar surface area (TPSA) is 72.4 Å². The number of aromatic nitrogens is 1. The van der Waals surface area contributed by atoms with Crippen LogP contribution in [-0.2, 0) is 11.3 Å². The highest BCUT2D eigenvalue weighted by Crippen LogP contribution is 2.48. The van der Waals surface area contributed by atoms with Crippen molar-refractivity contribution in [3.8, 4) is 0 Å². The van der Waals surface area contributed by atoms with Crippen molar-refractivity contribution in [1.29, 1.82) is 0 Å². The van der Waals surface area contributed by atoms with Crippen molar-refractivity contribution in [2.24, 2.45) is 5.41 Å². The summed E-state index contributed by atoms with van der Waals surface area (Å²) < 4.78 is 7.11. The molecule has 1 heterocycles. The highest BCUT2D eigenvalue weighted by Gasteiger charge is 2.53. The summed E-state index contributed by atoms with van der Waals surface area (Å²) in [6.45, 7) is 6.74. The summed E-state index contributed by atoms with van der Waals surface area (Å²) in [6.07, 6.45) is 4.62. The van der Waals surface area contributed by atoms with Gasteiger partial charge in [-0.2, -0.15) is 0 Å². The van der Waals surface area contributed by atoms with Gasteiger partial charge in [-0.15, -0.1) is 0 Å². The van der Waals surface area contributed by atoms with Gasteiger partial charge in [0.2, 0.25) is 0 Å². The lowest BCUT2D eigenvalue weighted by Gasteiger charge is -2.54. The summed E-state index contributed by atoms with van der Waals surface area (Å²) in [5, 5.41) is 5.87. The molecule has 6 heteroatoms. The van der Waals surface area contributed by atoms with E-state index < -0.39 is 0 Å². The molecule has 0 saturated heterocycles. The van der Waals surface area contributed by atoms with E-state index in [0.717, 1.165) is 19.3 Å². The van der Waals surface area contributed by atoms with Crippen molar-refractivity contribution in [3.05, 3.63) is 28.7 Å². The minimum absolute atomic E-state index is 0.00823. The molecule has 0 spiro atoms. The van der Waals surface area contributed by atoms with E-state index in [1.807, 2.05) is 6.92 Å². The zero-order valence-electron chi connectivity index (χ0n) is 14.4. The van der Waals surface area contributed by atoms with Crippen molar-refractivity contribution in [2.75, 3.05) is 12.4 Å². The van der Waals surface area contributed by atoms with Gasteiger partial charge in [0.05, 0.1) is 11.8 Å². The molecular weight excluding hydrogens is 294 g/mol. The number of amides is 2. The second-order valence-electron chi connectivity index (χ2n) is 6.09. The Morgan fingerprint density at radius 3 is 2.61 bits per heavy atom. The maximum absolute atomic E-state index is 12.3. The third-order valence-corrected chi connectivity index (χ3v) is 5.27. The molecule has 0 radical (unpaired) electrons. The number of pyridine rings is 1. The summed E-state index contributed by atoms with van der Waals surface area (Å²) in [4.78, 5) is 23.8. The van der Waals surface area contributed by atoms with Gasteiger partial charge >= 0.3 is 6.03 Å². The molecular formula is C17H27N3O3. The molecule has 2 N–H and O–H groups in total. The first-order valence-electron chi connectivity index (χ1n) is 8.31. The van der Waals surface area contributed by atoms with Gasteiger partial charge in [0.15, 0.2) is 0 Å². The monoisotopic (exact) mass is 321 g/mol. The molecule has 128 valence electrons. The van der Waals surface area contributed by atoms with Crippen LogP contribution in [0.15, 0.2) is 23.1 Å². The summed E-state index contributed by atoms with van der Waals surface area (Å²) in [6, 6.07) is 2.96. The molecule has 6 nitrogen and oxygen atoms in total. The zero-order valence-corrected chi connectivity index (χ0v) is 14.4. The number of carbonyl (C=O) groups excluding carboxylic acids is 1. The predicted molar refractivity (Wildman–Crippen MR) is 90.7 cm³/mol. The van der Waals surface area contributed by atoms with E-state index in [2.05, 4.69) is 24.5 Å². The van der Waals surface area contributed by atoms with Gasteiger partial charge in [-0.1, -0.05) is 13.8 Å². The van der Waals surface area contributed by atoms with Crippen molar-refractivity contribution >= 4 is 11.7 Å². The Labute approximate surface area is 137 Å². The van der Waals surface area contributed by atoms with Crippen molar-refractivity contribution in [1.82, 2.24) is 9.88 Å². The molecule has 2 rings (SSSR count). The molecule has 2 atom stereocenters. The van der Waals surface area contributed by atoms with Crippen LogP contribution in [0.2, 0.25) is 0 Å². The van der Waals surface area contributed by atoms with E-state index in [1.165, 1.54) is 6.07 Å². The number of hydrogen-bond donors (Lipinski definition) is 2. The second kappa shape index (κ2) is 7.17. The van der Waals surface area contributed by atoms with Crippen LogP contribution in [0.5, 0.6) is 0 Å². The standard InChI is InChI=1S/C17H27N3O3/c1-5-17(6-2)13(10-14(17)23-4)19-16(22)18-12-8-9-15(21)20(7-3)11-12/h8-9,11,13-14H,5-7,10H2,1-4H3,(H2,18,19,22)/t13-,14-/m1/s1. The third kappa shape index (κ3) is 3.27. The Kier molecular flexibility index (Phi) is 5.46. The van der Waals surface area contributed by atoms with Crippen LogP contribution in [0.4, 0.5) is 10.5 Å². The molecule has 2 amide bonds. The lowest BCUT2D eigenvalue weighted by Crippen LogP contribution is -2.64. The van der Waals surface area contributed by atoms with Gasteiger partial charge in [-0.25, -0.2) is 4.79 Å². The molecule has 1 aromatic heterocycles. The van der Waals surface area contributed by atoms with Crippen molar-refractivity contribution in [2.45, 2.75) is 58.7 Å². The number of nitrogens with one attached hydrogen (secondary N) is 2. The van der Waals surface area contributed by atoms with Crippen LogP contribution >= 0.6 is 0 Å². The van der Waals surface area contributed by atoms with Crippen LogP contribution in [-0.4, -0.2) is 29.9 Å². The van der Waals surface area contributed by atoms with Crippen LogP contribution in [0.25, 0.3) is 0 Å². The first kappa shape index (κ1) is 17.5. The Balaban J connectivity index is 2.01. The smallest absolute Gasteiger partial charge is 0.319 e.